The van der Waals surface area contributed by atoms with Crippen LogP contribution in [0.25, 0.3) is 0 Å². The molecule has 1 N–H and O–H groups in total. The summed E-state index contributed by atoms with van der Waals surface area (Å²) >= 11 is 0. The number of carbonyl (C=O) groups is 2. The van der Waals surface area contributed by atoms with Crippen LogP contribution >= 0.6 is 0 Å². The topological polar surface area (TPSA) is 77.8 Å². The number of benzene rings is 1. The molecule has 2 rings (SSSR count). The molecular weight excluding hydrogens is 334 g/mol. The van der Waals surface area contributed by atoms with E-state index in [4.69, 9.17) is 9.47 Å². The standard InChI is InChI=1S/C20H25NO5/c1-13-7-5-8-16(19(13)23)20(24)26-12-18(22)17-11-14(2)21(15(17)3)9-6-10-25-4/h5,7-8,11,23H,6,9-10,12H2,1-4H3. The van der Waals surface area contributed by atoms with Crippen LogP contribution < -0.4 is 0 Å². The van der Waals surface area contributed by atoms with Crippen LogP contribution in [0.15, 0.2) is 24.3 Å². The summed E-state index contributed by atoms with van der Waals surface area (Å²) in [6.45, 7) is 6.55. The molecule has 0 radical (unpaired) electrons. The quantitative estimate of drug-likeness (QED) is 0.445. The van der Waals surface area contributed by atoms with Crippen molar-refractivity contribution in [2.24, 2.45) is 0 Å². The van der Waals surface area contributed by atoms with Crippen molar-refractivity contribution in [2.45, 2.75) is 33.7 Å². The molecular formula is C20H25NO5. The Kier molecular flexibility index (Phi) is 6.58. The third kappa shape index (κ3) is 4.32. The number of phenols is 1. The number of aryl methyl sites for hydroxylation is 2. The van der Waals surface area contributed by atoms with E-state index in [0.717, 1.165) is 24.4 Å². The van der Waals surface area contributed by atoms with Gasteiger partial charge in [0.15, 0.2) is 6.61 Å². The maximum atomic E-state index is 12.5. The van der Waals surface area contributed by atoms with E-state index < -0.39 is 5.97 Å². The molecule has 0 aliphatic rings. The largest absolute Gasteiger partial charge is 0.507 e. The number of para-hydroxylation sites is 1. The number of carbonyl (C=O) groups excluding carboxylic acids is 2. The molecule has 0 aliphatic heterocycles. The van der Waals surface area contributed by atoms with E-state index in [1.807, 2.05) is 19.9 Å². The van der Waals surface area contributed by atoms with Gasteiger partial charge in [0, 0.05) is 37.2 Å². The number of Topliss-reactive ketones (excluding diaryl/α,β-unsaturated/α-hetero) is 1. The number of hydrogen-bond donors (Lipinski definition) is 1. The fraction of sp³-hybridized carbons (Fsp3) is 0.400. The van der Waals surface area contributed by atoms with Gasteiger partial charge in [0.1, 0.15) is 11.3 Å². The van der Waals surface area contributed by atoms with Gasteiger partial charge in [-0.25, -0.2) is 4.79 Å². The van der Waals surface area contributed by atoms with Gasteiger partial charge in [0.25, 0.3) is 0 Å². The average molecular weight is 359 g/mol. The lowest BCUT2D eigenvalue weighted by Gasteiger charge is -2.10. The first-order chi connectivity index (χ1) is 12.4. The number of ketones is 1. The zero-order valence-corrected chi connectivity index (χ0v) is 15.7. The van der Waals surface area contributed by atoms with Gasteiger partial charge >= 0.3 is 5.97 Å². The van der Waals surface area contributed by atoms with Gasteiger partial charge in [-0.1, -0.05) is 12.1 Å². The molecule has 0 saturated carbocycles. The second-order valence-corrected chi connectivity index (χ2v) is 6.25. The van der Waals surface area contributed by atoms with Gasteiger partial charge in [0.05, 0.1) is 0 Å². The van der Waals surface area contributed by atoms with Crippen LogP contribution in [0.5, 0.6) is 5.75 Å². The Labute approximate surface area is 153 Å². The molecule has 0 spiro atoms. The first-order valence-electron chi connectivity index (χ1n) is 8.51. The van der Waals surface area contributed by atoms with Crippen molar-refractivity contribution in [1.29, 1.82) is 0 Å². The van der Waals surface area contributed by atoms with E-state index in [2.05, 4.69) is 4.57 Å². The monoisotopic (exact) mass is 359 g/mol. The highest BCUT2D eigenvalue weighted by Gasteiger charge is 2.19. The number of esters is 1. The number of phenolic OH excluding ortho intramolecular Hbond substituents is 1. The maximum Gasteiger partial charge on any atom is 0.342 e. The molecule has 26 heavy (non-hydrogen) atoms. The van der Waals surface area contributed by atoms with Crippen LogP contribution in [0.4, 0.5) is 0 Å². The van der Waals surface area contributed by atoms with E-state index in [1.54, 1.807) is 26.2 Å². The molecule has 0 aliphatic carbocycles. The van der Waals surface area contributed by atoms with E-state index in [9.17, 15) is 14.7 Å². The van der Waals surface area contributed by atoms with Gasteiger partial charge in [-0.05, 0) is 44.9 Å². The number of nitrogens with zero attached hydrogens (tertiary/aromatic N) is 1. The molecule has 6 heteroatoms. The number of aromatic hydroxyl groups is 1. The van der Waals surface area contributed by atoms with Gasteiger partial charge < -0.3 is 19.1 Å². The third-order valence-electron chi connectivity index (χ3n) is 4.40. The van der Waals surface area contributed by atoms with Crippen molar-refractivity contribution in [3.63, 3.8) is 0 Å². The number of rotatable bonds is 8. The minimum atomic E-state index is -0.714. The highest BCUT2D eigenvalue weighted by Crippen LogP contribution is 2.22. The van der Waals surface area contributed by atoms with Crippen molar-refractivity contribution >= 4 is 11.8 Å². The smallest absolute Gasteiger partial charge is 0.342 e. The average Bonchev–Trinajstić information content (AvgIpc) is 2.90. The molecule has 1 aromatic carbocycles. The summed E-state index contributed by atoms with van der Waals surface area (Å²) < 4.78 is 12.2. The van der Waals surface area contributed by atoms with Crippen molar-refractivity contribution in [1.82, 2.24) is 4.57 Å². The van der Waals surface area contributed by atoms with Crippen LogP contribution in [0.2, 0.25) is 0 Å². The first kappa shape index (κ1) is 19.7. The van der Waals surface area contributed by atoms with Gasteiger partial charge in [-0.3, -0.25) is 4.79 Å². The molecule has 1 heterocycles. The van der Waals surface area contributed by atoms with Crippen LogP contribution in [-0.2, 0) is 16.0 Å². The van der Waals surface area contributed by atoms with Gasteiger partial charge in [-0.2, -0.15) is 0 Å². The Bertz CT molecular complexity index is 807. The SMILES string of the molecule is COCCCn1c(C)cc(C(=O)COC(=O)c2cccc(C)c2O)c1C. The zero-order chi connectivity index (χ0) is 19.3. The lowest BCUT2D eigenvalue weighted by Crippen LogP contribution is -2.15. The lowest BCUT2D eigenvalue weighted by atomic mass is 10.1. The van der Waals surface area contributed by atoms with E-state index in [-0.39, 0.29) is 23.7 Å². The van der Waals surface area contributed by atoms with Crippen LogP contribution in [0, 0.1) is 20.8 Å². The third-order valence-corrected chi connectivity index (χ3v) is 4.40. The molecule has 0 bridgehead atoms. The van der Waals surface area contributed by atoms with E-state index in [1.165, 1.54) is 6.07 Å². The van der Waals surface area contributed by atoms with Crippen LogP contribution in [0.1, 0.15) is 44.1 Å². The minimum absolute atomic E-state index is 0.0582. The summed E-state index contributed by atoms with van der Waals surface area (Å²) in [5.74, 6) is -1.11. The fourth-order valence-corrected chi connectivity index (χ4v) is 2.90. The maximum absolute atomic E-state index is 12.5. The number of ether oxygens (including phenoxy) is 2. The van der Waals surface area contributed by atoms with E-state index >= 15 is 0 Å². The number of methoxy groups -OCH3 is 1. The fourth-order valence-electron chi connectivity index (χ4n) is 2.90. The molecule has 1 aromatic heterocycles. The second-order valence-electron chi connectivity index (χ2n) is 6.25. The van der Waals surface area contributed by atoms with Crippen molar-refractivity contribution in [2.75, 3.05) is 20.3 Å². The molecule has 0 unspecified atom stereocenters. The Morgan fingerprint density at radius 3 is 2.58 bits per heavy atom. The van der Waals surface area contributed by atoms with Crippen molar-refractivity contribution in [3.8, 4) is 5.75 Å². The summed E-state index contributed by atoms with van der Waals surface area (Å²) in [4.78, 5) is 24.6. The van der Waals surface area contributed by atoms with Gasteiger partial charge in [0.2, 0.25) is 5.78 Å². The van der Waals surface area contributed by atoms with E-state index in [0.29, 0.717) is 17.7 Å². The molecule has 0 atom stereocenters. The molecule has 0 amide bonds. The summed E-state index contributed by atoms with van der Waals surface area (Å²) in [6.07, 6.45) is 0.849. The molecule has 0 fully saturated rings. The Hall–Kier alpha value is -2.60. The number of hydrogen-bond acceptors (Lipinski definition) is 5. The Balaban J connectivity index is 2.05. The van der Waals surface area contributed by atoms with Crippen LogP contribution in [-0.4, -0.2) is 41.7 Å². The number of aromatic nitrogens is 1. The van der Waals surface area contributed by atoms with Crippen molar-refractivity contribution in [3.05, 3.63) is 52.3 Å². The normalized spacial score (nSPS) is 10.8. The minimum Gasteiger partial charge on any atom is -0.507 e. The second kappa shape index (κ2) is 8.67. The Morgan fingerprint density at radius 1 is 1.15 bits per heavy atom. The molecule has 2 aromatic rings. The summed E-state index contributed by atoms with van der Waals surface area (Å²) in [6, 6.07) is 6.62. The molecule has 6 nitrogen and oxygen atoms in total. The lowest BCUT2D eigenvalue weighted by molar-refractivity contribution is 0.0471. The first-order valence-corrected chi connectivity index (χ1v) is 8.51. The highest BCUT2D eigenvalue weighted by atomic mass is 16.5. The van der Waals surface area contributed by atoms with Gasteiger partial charge in [-0.15, -0.1) is 0 Å². The van der Waals surface area contributed by atoms with Crippen molar-refractivity contribution < 1.29 is 24.2 Å². The molecule has 140 valence electrons. The summed E-state index contributed by atoms with van der Waals surface area (Å²) in [7, 11) is 1.66. The highest BCUT2D eigenvalue weighted by molar-refractivity contribution is 6.01. The predicted molar refractivity (Wildman–Crippen MR) is 97.9 cm³/mol. The zero-order valence-electron chi connectivity index (χ0n) is 15.7. The summed E-state index contributed by atoms with van der Waals surface area (Å²) in [5, 5.41) is 9.94. The Morgan fingerprint density at radius 2 is 1.88 bits per heavy atom. The summed E-state index contributed by atoms with van der Waals surface area (Å²) in [5.41, 5.74) is 3.00. The van der Waals surface area contributed by atoms with Crippen LogP contribution in [0.3, 0.4) is 0 Å². The molecule has 0 saturated heterocycles. The predicted octanol–water partition coefficient (Wildman–Crippen LogP) is 3.20.